The predicted molar refractivity (Wildman–Crippen MR) is 67.2 cm³/mol. The summed E-state index contributed by atoms with van der Waals surface area (Å²) in [6.45, 7) is 0. The van der Waals surface area contributed by atoms with E-state index in [1.807, 2.05) is 0 Å². The van der Waals surface area contributed by atoms with Crippen molar-refractivity contribution in [1.82, 2.24) is 0 Å². The minimum absolute atomic E-state index is 0.0942. The number of alkyl halides is 3. The second kappa shape index (κ2) is 5.95. The molecule has 21 heavy (non-hydrogen) atoms. The van der Waals surface area contributed by atoms with Crippen molar-refractivity contribution in [1.29, 1.82) is 0 Å². The van der Waals surface area contributed by atoms with Crippen molar-refractivity contribution in [3.8, 4) is 5.75 Å². The fourth-order valence-electron chi connectivity index (χ4n) is 1.74. The van der Waals surface area contributed by atoms with Crippen molar-refractivity contribution in [2.24, 2.45) is 0 Å². The van der Waals surface area contributed by atoms with Gasteiger partial charge in [-0.2, -0.15) is 13.2 Å². The maximum Gasteiger partial charge on any atom is 0.416 e. The summed E-state index contributed by atoms with van der Waals surface area (Å²) in [5, 5.41) is 0. The second-order valence-electron chi connectivity index (χ2n) is 4.31. The van der Waals surface area contributed by atoms with E-state index in [0.717, 1.165) is 12.1 Å². The van der Waals surface area contributed by atoms with E-state index >= 15 is 0 Å². The first-order valence-corrected chi connectivity index (χ1v) is 5.97. The summed E-state index contributed by atoms with van der Waals surface area (Å²) in [6, 6.07) is 10.1. The number of benzene rings is 2. The minimum atomic E-state index is -4.67. The smallest absolute Gasteiger partial charge is 0.416 e. The molecule has 0 aliphatic heterocycles. The number of carbonyl (C=O) groups excluding carboxylic acids is 1. The van der Waals surface area contributed by atoms with Crippen molar-refractivity contribution in [3.63, 3.8) is 0 Å². The average molecular weight is 298 g/mol. The summed E-state index contributed by atoms with van der Waals surface area (Å²) in [5.41, 5.74) is -1.23. The third-order valence-corrected chi connectivity index (χ3v) is 2.61. The highest BCUT2D eigenvalue weighted by molar-refractivity contribution is 5.75. The number of hydrogen-bond donors (Lipinski definition) is 0. The molecule has 0 bridgehead atoms. The lowest BCUT2D eigenvalue weighted by Gasteiger charge is -2.09. The molecule has 6 heteroatoms. The van der Waals surface area contributed by atoms with Gasteiger partial charge in [0.15, 0.2) is 0 Å². The van der Waals surface area contributed by atoms with Crippen molar-refractivity contribution in [2.45, 2.75) is 12.6 Å². The molecule has 110 valence electrons. The predicted octanol–water partition coefficient (Wildman–Crippen LogP) is 3.99. The molecule has 2 aromatic rings. The summed E-state index contributed by atoms with van der Waals surface area (Å²) in [4.78, 5) is 11.6. The minimum Gasteiger partial charge on any atom is -0.426 e. The molecule has 0 aliphatic carbocycles. The van der Waals surface area contributed by atoms with E-state index in [1.165, 1.54) is 12.1 Å². The Hall–Kier alpha value is -2.37. The highest BCUT2D eigenvalue weighted by Gasteiger charge is 2.31. The molecule has 2 rings (SSSR count). The fourth-order valence-corrected chi connectivity index (χ4v) is 1.74. The molecule has 0 unspecified atom stereocenters. The number of para-hydroxylation sites is 1. The Labute approximate surface area is 118 Å². The van der Waals surface area contributed by atoms with Crippen molar-refractivity contribution < 1.29 is 27.1 Å². The number of halogens is 4. The molecule has 0 spiro atoms. The SMILES string of the molecule is O=C(Cc1cc(F)cc(C(F)(F)F)c1)Oc1ccccc1. The molecule has 0 aromatic heterocycles. The number of ether oxygens (including phenoxy) is 1. The molecular formula is C15H10F4O2. The van der Waals surface area contributed by atoms with Gasteiger partial charge in [-0.3, -0.25) is 4.79 Å². The molecule has 2 aromatic carbocycles. The third-order valence-electron chi connectivity index (χ3n) is 2.61. The molecule has 0 radical (unpaired) electrons. The summed E-state index contributed by atoms with van der Waals surface area (Å²) < 4.78 is 55.8. The Morgan fingerprint density at radius 1 is 1.05 bits per heavy atom. The van der Waals surface area contributed by atoms with Crippen LogP contribution in [-0.2, 0) is 17.4 Å². The lowest BCUT2D eigenvalue weighted by Crippen LogP contribution is -2.13. The number of hydrogen-bond acceptors (Lipinski definition) is 2. The van der Waals surface area contributed by atoms with Gasteiger partial charge < -0.3 is 4.74 Å². The van der Waals surface area contributed by atoms with Crippen LogP contribution in [0.1, 0.15) is 11.1 Å². The van der Waals surface area contributed by atoms with Gasteiger partial charge in [0.2, 0.25) is 0 Å². The largest absolute Gasteiger partial charge is 0.426 e. The topological polar surface area (TPSA) is 26.3 Å². The van der Waals surface area contributed by atoms with E-state index in [1.54, 1.807) is 18.2 Å². The van der Waals surface area contributed by atoms with Gasteiger partial charge in [0.25, 0.3) is 0 Å². The van der Waals surface area contributed by atoms with Crippen LogP contribution < -0.4 is 4.74 Å². The quantitative estimate of drug-likeness (QED) is 0.486. The van der Waals surface area contributed by atoms with Crippen LogP contribution in [0.3, 0.4) is 0 Å². The van der Waals surface area contributed by atoms with E-state index in [4.69, 9.17) is 4.74 Å². The first kappa shape index (κ1) is 15.0. The summed E-state index contributed by atoms with van der Waals surface area (Å²) in [6.07, 6.45) is -5.12. The maximum absolute atomic E-state index is 13.2. The van der Waals surface area contributed by atoms with E-state index < -0.39 is 29.9 Å². The van der Waals surface area contributed by atoms with E-state index in [0.29, 0.717) is 6.07 Å². The summed E-state index contributed by atoms with van der Waals surface area (Å²) in [5.74, 6) is -1.54. The molecule has 0 fully saturated rings. The molecular weight excluding hydrogens is 288 g/mol. The zero-order chi connectivity index (χ0) is 15.5. The molecule has 0 amide bonds. The standard InChI is InChI=1S/C15H10F4O2/c16-12-7-10(6-11(9-12)15(17,18)19)8-14(20)21-13-4-2-1-3-5-13/h1-7,9H,8H2. The fraction of sp³-hybridized carbons (Fsp3) is 0.133. The van der Waals surface area contributed by atoms with E-state index in [-0.39, 0.29) is 11.3 Å². The average Bonchev–Trinajstić information content (AvgIpc) is 2.37. The van der Waals surface area contributed by atoms with Crippen molar-refractivity contribution in [2.75, 3.05) is 0 Å². The van der Waals surface area contributed by atoms with Crippen LogP contribution >= 0.6 is 0 Å². The molecule has 0 saturated carbocycles. The van der Waals surface area contributed by atoms with Crippen LogP contribution in [0.5, 0.6) is 5.75 Å². The van der Waals surface area contributed by atoms with Gasteiger partial charge in [-0.05, 0) is 35.9 Å². The van der Waals surface area contributed by atoms with Gasteiger partial charge in [-0.25, -0.2) is 4.39 Å². The lowest BCUT2D eigenvalue weighted by molar-refractivity contribution is -0.138. The van der Waals surface area contributed by atoms with Crippen LogP contribution in [0.15, 0.2) is 48.5 Å². The molecule has 0 atom stereocenters. The third kappa shape index (κ3) is 4.30. The number of esters is 1. The molecule has 0 heterocycles. The van der Waals surface area contributed by atoms with Gasteiger partial charge in [-0.1, -0.05) is 18.2 Å². The first-order valence-electron chi connectivity index (χ1n) is 5.97. The van der Waals surface area contributed by atoms with Crippen LogP contribution in [-0.4, -0.2) is 5.97 Å². The van der Waals surface area contributed by atoms with Gasteiger partial charge in [0, 0.05) is 0 Å². The summed E-state index contributed by atoms with van der Waals surface area (Å²) in [7, 11) is 0. The molecule has 0 N–H and O–H groups in total. The zero-order valence-electron chi connectivity index (χ0n) is 10.7. The van der Waals surface area contributed by atoms with Crippen LogP contribution in [0, 0.1) is 5.82 Å². The van der Waals surface area contributed by atoms with Gasteiger partial charge in [0.1, 0.15) is 11.6 Å². The maximum atomic E-state index is 13.2. The van der Waals surface area contributed by atoms with Crippen LogP contribution in [0.2, 0.25) is 0 Å². The molecule has 2 nitrogen and oxygen atoms in total. The normalized spacial score (nSPS) is 11.2. The monoisotopic (exact) mass is 298 g/mol. The summed E-state index contributed by atoms with van der Waals surface area (Å²) >= 11 is 0. The Balaban J connectivity index is 2.12. The zero-order valence-corrected chi connectivity index (χ0v) is 10.7. The van der Waals surface area contributed by atoms with Gasteiger partial charge >= 0.3 is 12.1 Å². The van der Waals surface area contributed by atoms with Crippen molar-refractivity contribution >= 4 is 5.97 Å². The Kier molecular flexibility index (Phi) is 4.26. The number of rotatable bonds is 3. The molecule has 0 saturated heterocycles. The Morgan fingerprint density at radius 3 is 2.33 bits per heavy atom. The highest BCUT2D eigenvalue weighted by Crippen LogP contribution is 2.30. The first-order chi connectivity index (χ1) is 9.84. The number of carbonyl (C=O) groups is 1. The Bertz CT molecular complexity index is 636. The van der Waals surface area contributed by atoms with Gasteiger partial charge in [-0.15, -0.1) is 0 Å². The lowest BCUT2D eigenvalue weighted by atomic mass is 10.1. The van der Waals surface area contributed by atoms with E-state index in [2.05, 4.69) is 0 Å². The van der Waals surface area contributed by atoms with Crippen LogP contribution in [0.4, 0.5) is 17.6 Å². The molecule has 0 aliphatic rings. The Morgan fingerprint density at radius 2 is 1.71 bits per heavy atom. The van der Waals surface area contributed by atoms with Gasteiger partial charge in [0.05, 0.1) is 12.0 Å². The van der Waals surface area contributed by atoms with Crippen LogP contribution in [0.25, 0.3) is 0 Å². The second-order valence-corrected chi connectivity index (χ2v) is 4.31. The van der Waals surface area contributed by atoms with Crippen molar-refractivity contribution in [3.05, 3.63) is 65.5 Å². The van der Waals surface area contributed by atoms with E-state index in [9.17, 15) is 22.4 Å². The highest BCUT2D eigenvalue weighted by atomic mass is 19.4.